The minimum absolute atomic E-state index is 0.302. The van der Waals surface area contributed by atoms with Gasteiger partial charge in [-0.05, 0) is 13.3 Å². The summed E-state index contributed by atoms with van der Waals surface area (Å²) in [4.78, 5) is 16.4. The first-order chi connectivity index (χ1) is 7.70. The molecule has 0 aliphatic carbocycles. The number of hydrogen-bond donors (Lipinski definition) is 1. The SMILES string of the molecule is COC(=O)c1nc(NC2CCOC2)sc1C. The number of carbonyl (C=O) groups is 1. The number of aryl methyl sites for hydroxylation is 1. The Hall–Kier alpha value is -1.14. The summed E-state index contributed by atoms with van der Waals surface area (Å²) >= 11 is 1.47. The smallest absolute Gasteiger partial charge is 0.357 e. The van der Waals surface area contributed by atoms with E-state index in [0.717, 1.165) is 23.0 Å². The van der Waals surface area contributed by atoms with Crippen LogP contribution >= 0.6 is 11.3 Å². The summed E-state index contributed by atoms with van der Waals surface area (Å²) in [6.45, 7) is 3.35. The van der Waals surface area contributed by atoms with Crippen LogP contribution in [-0.2, 0) is 9.47 Å². The monoisotopic (exact) mass is 242 g/mol. The normalized spacial score (nSPS) is 19.8. The maximum atomic E-state index is 11.4. The Kier molecular flexibility index (Phi) is 3.40. The maximum Gasteiger partial charge on any atom is 0.357 e. The van der Waals surface area contributed by atoms with Gasteiger partial charge in [0.25, 0.3) is 0 Å². The molecule has 0 amide bonds. The fourth-order valence-electron chi connectivity index (χ4n) is 1.57. The Bertz CT molecular complexity index is 385. The number of anilines is 1. The molecule has 2 heterocycles. The van der Waals surface area contributed by atoms with E-state index in [-0.39, 0.29) is 5.97 Å². The van der Waals surface area contributed by atoms with Crippen molar-refractivity contribution in [2.45, 2.75) is 19.4 Å². The Morgan fingerprint density at radius 2 is 2.50 bits per heavy atom. The first-order valence-corrected chi connectivity index (χ1v) is 5.92. The van der Waals surface area contributed by atoms with Crippen LogP contribution in [0.15, 0.2) is 0 Å². The van der Waals surface area contributed by atoms with Gasteiger partial charge in [0.2, 0.25) is 0 Å². The molecule has 1 saturated heterocycles. The number of nitrogens with one attached hydrogen (secondary N) is 1. The largest absolute Gasteiger partial charge is 0.464 e. The zero-order valence-electron chi connectivity index (χ0n) is 9.28. The highest BCUT2D eigenvalue weighted by atomic mass is 32.1. The van der Waals surface area contributed by atoms with Crippen molar-refractivity contribution in [3.05, 3.63) is 10.6 Å². The molecule has 0 aromatic carbocycles. The first-order valence-electron chi connectivity index (χ1n) is 5.10. The molecule has 1 unspecified atom stereocenters. The van der Waals surface area contributed by atoms with Crippen molar-refractivity contribution >= 4 is 22.4 Å². The van der Waals surface area contributed by atoms with Crippen LogP contribution in [0.3, 0.4) is 0 Å². The highest BCUT2D eigenvalue weighted by Gasteiger charge is 2.20. The van der Waals surface area contributed by atoms with Crippen molar-refractivity contribution in [3.8, 4) is 0 Å². The van der Waals surface area contributed by atoms with Gasteiger partial charge in [0.15, 0.2) is 10.8 Å². The highest BCUT2D eigenvalue weighted by molar-refractivity contribution is 7.15. The van der Waals surface area contributed by atoms with Crippen LogP contribution in [0.4, 0.5) is 5.13 Å². The van der Waals surface area contributed by atoms with Crippen LogP contribution in [0.25, 0.3) is 0 Å². The molecule has 6 heteroatoms. The lowest BCUT2D eigenvalue weighted by atomic mass is 10.3. The Balaban J connectivity index is 2.07. The second-order valence-corrected chi connectivity index (χ2v) is 4.82. The van der Waals surface area contributed by atoms with Crippen molar-refractivity contribution in [1.82, 2.24) is 4.98 Å². The molecule has 1 atom stereocenters. The number of carbonyl (C=O) groups excluding carboxylic acids is 1. The number of aromatic nitrogens is 1. The standard InChI is InChI=1S/C10H14N2O3S/c1-6-8(9(13)14-2)12-10(16-6)11-7-3-4-15-5-7/h7H,3-5H2,1-2H3,(H,11,12). The molecule has 0 spiro atoms. The molecule has 0 saturated carbocycles. The molecule has 1 aliphatic rings. The number of rotatable bonds is 3. The van der Waals surface area contributed by atoms with E-state index in [0.29, 0.717) is 18.3 Å². The second kappa shape index (κ2) is 4.80. The van der Waals surface area contributed by atoms with Crippen molar-refractivity contribution < 1.29 is 14.3 Å². The lowest BCUT2D eigenvalue weighted by Gasteiger charge is -2.07. The van der Waals surface area contributed by atoms with Gasteiger partial charge in [-0.2, -0.15) is 0 Å². The molecule has 1 aromatic heterocycles. The summed E-state index contributed by atoms with van der Waals surface area (Å²) in [5.74, 6) is -0.385. The lowest BCUT2D eigenvalue weighted by Crippen LogP contribution is -2.18. The predicted octanol–water partition coefficient (Wildman–Crippen LogP) is 1.44. The lowest BCUT2D eigenvalue weighted by molar-refractivity contribution is 0.0594. The van der Waals surface area contributed by atoms with E-state index in [1.54, 1.807) is 0 Å². The quantitative estimate of drug-likeness (QED) is 0.813. The summed E-state index contributed by atoms with van der Waals surface area (Å²) in [6.07, 6.45) is 0.978. The van der Waals surface area contributed by atoms with Crippen molar-refractivity contribution in [2.24, 2.45) is 0 Å². The van der Waals surface area contributed by atoms with E-state index in [4.69, 9.17) is 4.74 Å². The third-order valence-corrected chi connectivity index (χ3v) is 3.33. The summed E-state index contributed by atoms with van der Waals surface area (Å²) in [5, 5.41) is 4.01. The van der Waals surface area contributed by atoms with Gasteiger partial charge >= 0.3 is 5.97 Å². The molecule has 2 rings (SSSR count). The van der Waals surface area contributed by atoms with Crippen LogP contribution in [0.5, 0.6) is 0 Å². The molecule has 1 fully saturated rings. The summed E-state index contributed by atoms with van der Waals surface area (Å²) in [5.41, 5.74) is 0.397. The van der Waals surface area contributed by atoms with Gasteiger partial charge in [0, 0.05) is 11.5 Å². The third-order valence-electron chi connectivity index (χ3n) is 2.43. The van der Waals surface area contributed by atoms with Gasteiger partial charge < -0.3 is 14.8 Å². The molecular formula is C10H14N2O3S. The average Bonchev–Trinajstić information content (AvgIpc) is 2.88. The molecule has 1 aromatic rings. The van der Waals surface area contributed by atoms with E-state index in [1.807, 2.05) is 6.92 Å². The molecule has 5 nitrogen and oxygen atoms in total. The number of methoxy groups -OCH3 is 1. The van der Waals surface area contributed by atoms with Gasteiger partial charge in [-0.1, -0.05) is 0 Å². The maximum absolute atomic E-state index is 11.4. The van der Waals surface area contributed by atoms with Crippen LogP contribution in [0.1, 0.15) is 21.8 Å². The fourth-order valence-corrected chi connectivity index (χ4v) is 2.45. The zero-order chi connectivity index (χ0) is 11.5. The van der Waals surface area contributed by atoms with E-state index in [1.165, 1.54) is 18.4 Å². The number of ether oxygens (including phenoxy) is 2. The number of thiazole rings is 1. The van der Waals surface area contributed by atoms with Crippen LogP contribution in [-0.4, -0.2) is 37.3 Å². The summed E-state index contributed by atoms with van der Waals surface area (Å²) < 4.78 is 9.91. The Morgan fingerprint density at radius 3 is 3.12 bits per heavy atom. The minimum Gasteiger partial charge on any atom is -0.464 e. The van der Waals surface area contributed by atoms with Crippen molar-refractivity contribution in [2.75, 3.05) is 25.6 Å². The van der Waals surface area contributed by atoms with E-state index < -0.39 is 0 Å². The Labute approximate surface area is 97.8 Å². The average molecular weight is 242 g/mol. The predicted molar refractivity (Wildman–Crippen MR) is 61.0 cm³/mol. The number of nitrogens with zero attached hydrogens (tertiary/aromatic N) is 1. The van der Waals surface area contributed by atoms with Crippen molar-refractivity contribution in [1.29, 1.82) is 0 Å². The molecule has 1 aliphatic heterocycles. The first kappa shape index (κ1) is 11.3. The number of esters is 1. The van der Waals surface area contributed by atoms with Gasteiger partial charge in [0.1, 0.15) is 0 Å². The second-order valence-electron chi connectivity index (χ2n) is 3.62. The Morgan fingerprint density at radius 1 is 1.69 bits per heavy atom. The molecule has 1 N–H and O–H groups in total. The van der Waals surface area contributed by atoms with E-state index in [2.05, 4.69) is 15.0 Å². The molecular weight excluding hydrogens is 228 g/mol. The number of hydrogen-bond acceptors (Lipinski definition) is 6. The molecule has 0 bridgehead atoms. The zero-order valence-corrected chi connectivity index (χ0v) is 10.1. The fraction of sp³-hybridized carbons (Fsp3) is 0.600. The van der Waals surface area contributed by atoms with Gasteiger partial charge in [-0.3, -0.25) is 0 Å². The van der Waals surface area contributed by atoms with Crippen molar-refractivity contribution in [3.63, 3.8) is 0 Å². The van der Waals surface area contributed by atoms with Crippen LogP contribution in [0.2, 0.25) is 0 Å². The van der Waals surface area contributed by atoms with Gasteiger partial charge in [0.05, 0.1) is 19.8 Å². The highest BCUT2D eigenvalue weighted by Crippen LogP contribution is 2.24. The molecule has 88 valence electrons. The molecule has 0 radical (unpaired) electrons. The third kappa shape index (κ3) is 2.33. The molecule has 16 heavy (non-hydrogen) atoms. The topological polar surface area (TPSA) is 60.5 Å². The summed E-state index contributed by atoms with van der Waals surface area (Å²) in [6, 6.07) is 0.302. The van der Waals surface area contributed by atoms with E-state index >= 15 is 0 Å². The summed E-state index contributed by atoms with van der Waals surface area (Å²) in [7, 11) is 1.36. The van der Waals surface area contributed by atoms with Gasteiger partial charge in [-0.25, -0.2) is 9.78 Å². The van der Waals surface area contributed by atoms with Crippen LogP contribution in [0, 0.1) is 6.92 Å². The van der Waals surface area contributed by atoms with E-state index in [9.17, 15) is 4.79 Å². The van der Waals surface area contributed by atoms with Crippen LogP contribution < -0.4 is 5.32 Å². The van der Waals surface area contributed by atoms with Gasteiger partial charge in [-0.15, -0.1) is 11.3 Å². The minimum atomic E-state index is -0.385.